The highest BCUT2D eigenvalue weighted by atomic mass is 35.5. The highest BCUT2D eigenvalue weighted by Crippen LogP contribution is 2.39. The number of likely N-dealkylation sites (tertiary alicyclic amines) is 1. The minimum Gasteiger partial charge on any atom is -0.369 e. The Morgan fingerprint density at radius 2 is 1.71 bits per heavy atom. The van der Waals surface area contributed by atoms with Gasteiger partial charge in [-0.15, -0.1) is 0 Å². The molecule has 2 aromatic carbocycles. The van der Waals surface area contributed by atoms with Gasteiger partial charge in [-0.3, -0.25) is 14.4 Å². The molecule has 220 valence electrons. The Balaban J connectivity index is 1.32. The lowest BCUT2D eigenvalue weighted by Crippen LogP contribution is -2.47. The molecule has 2 amide bonds. The molecule has 2 saturated heterocycles. The van der Waals surface area contributed by atoms with E-state index in [0.29, 0.717) is 55.8 Å². The number of benzene rings is 2. The molecular weight excluding hydrogens is 555 g/mol. The highest BCUT2D eigenvalue weighted by molar-refractivity contribution is 6.31. The minimum absolute atomic E-state index is 0.0274. The lowest BCUT2D eigenvalue weighted by molar-refractivity contribution is -0.115. The molecule has 4 atom stereocenters. The molecule has 1 N–H and O–H groups in total. The first kappa shape index (κ1) is 28.5. The van der Waals surface area contributed by atoms with Crippen molar-refractivity contribution in [1.29, 1.82) is 0 Å². The molecule has 0 spiro atoms. The largest absolute Gasteiger partial charge is 0.369 e. The lowest BCUT2D eigenvalue weighted by Gasteiger charge is -2.44. The van der Waals surface area contributed by atoms with Gasteiger partial charge in [-0.2, -0.15) is 0 Å². The van der Waals surface area contributed by atoms with Crippen LogP contribution in [0.25, 0.3) is 0 Å². The van der Waals surface area contributed by atoms with Gasteiger partial charge >= 0.3 is 0 Å². The number of rotatable bonds is 5. The Kier molecular flexibility index (Phi) is 7.83. The van der Waals surface area contributed by atoms with Crippen LogP contribution in [-0.4, -0.2) is 47.5 Å². The monoisotopic (exact) mass is 590 g/mol. The third-order valence-electron chi connectivity index (χ3n) is 8.89. The first-order valence-corrected chi connectivity index (χ1v) is 15.1. The Morgan fingerprint density at radius 1 is 0.952 bits per heavy atom. The molecule has 6 rings (SSSR count). The van der Waals surface area contributed by atoms with E-state index in [9.17, 15) is 18.8 Å². The number of carbonyl (C=O) groups excluding carboxylic acids is 2. The zero-order valence-corrected chi connectivity index (χ0v) is 24.7. The van der Waals surface area contributed by atoms with Crippen LogP contribution in [0, 0.1) is 23.6 Å². The van der Waals surface area contributed by atoms with E-state index in [1.807, 2.05) is 33.7 Å². The van der Waals surface area contributed by atoms with E-state index in [4.69, 9.17) is 11.6 Å². The molecule has 0 saturated carbocycles. The molecule has 1 aromatic heterocycles. The number of piperidine rings is 2. The number of nitrogens with zero attached hydrogens (tertiary/aromatic N) is 3. The van der Waals surface area contributed by atoms with E-state index in [-0.39, 0.29) is 40.3 Å². The number of amides is 2. The smallest absolute Gasteiger partial charge is 0.253 e. The summed E-state index contributed by atoms with van der Waals surface area (Å²) in [6.07, 6.45) is 1.86. The Morgan fingerprint density at radius 3 is 2.48 bits per heavy atom. The van der Waals surface area contributed by atoms with Gasteiger partial charge in [0.1, 0.15) is 5.82 Å². The van der Waals surface area contributed by atoms with Crippen LogP contribution in [0.1, 0.15) is 54.2 Å². The molecule has 42 heavy (non-hydrogen) atoms. The van der Waals surface area contributed by atoms with Gasteiger partial charge < -0.3 is 19.7 Å². The SMILES string of the molecule is C[C@H]1C[C@H](C)CN(C(=O)c2ccc(N3C[C@H]4C[C@@H](C3)c3cccc(=O)n3C4)c(NC(=O)Cc3c(F)cccc3Cl)c2)C1. The van der Waals surface area contributed by atoms with Crippen LogP contribution in [0.15, 0.2) is 59.4 Å². The number of pyridine rings is 1. The second-order valence-electron chi connectivity index (χ2n) is 12.4. The van der Waals surface area contributed by atoms with Crippen LogP contribution in [0.5, 0.6) is 0 Å². The molecular formula is C33H36ClFN4O3. The van der Waals surface area contributed by atoms with Gasteiger partial charge in [0.25, 0.3) is 11.5 Å². The van der Waals surface area contributed by atoms with Crippen molar-refractivity contribution in [3.05, 3.63) is 92.6 Å². The van der Waals surface area contributed by atoms with Gasteiger partial charge in [0.2, 0.25) is 5.91 Å². The van der Waals surface area contributed by atoms with Crippen molar-refractivity contribution in [1.82, 2.24) is 9.47 Å². The molecule has 0 aliphatic carbocycles. The number of halogens is 2. The van der Waals surface area contributed by atoms with Crippen LogP contribution in [-0.2, 0) is 17.8 Å². The van der Waals surface area contributed by atoms with E-state index in [2.05, 4.69) is 24.1 Å². The average Bonchev–Trinajstić information content (AvgIpc) is 2.94. The molecule has 0 radical (unpaired) electrons. The van der Waals surface area contributed by atoms with E-state index in [0.717, 1.165) is 24.2 Å². The zero-order valence-electron chi connectivity index (χ0n) is 24.0. The van der Waals surface area contributed by atoms with Crippen LogP contribution >= 0.6 is 11.6 Å². The van der Waals surface area contributed by atoms with Crippen LogP contribution in [0.4, 0.5) is 15.8 Å². The third kappa shape index (κ3) is 5.69. The number of carbonyl (C=O) groups is 2. The number of nitrogens with one attached hydrogen (secondary N) is 1. The molecule has 2 fully saturated rings. The van der Waals surface area contributed by atoms with Crippen LogP contribution in [0.2, 0.25) is 5.02 Å². The number of hydrogen-bond donors (Lipinski definition) is 1. The second kappa shape index (κ2) is 11.6. The maximum Gasteiger partial charge on any atom is 0.253 e. The molecule has 3 aliphatic heterocycles. The molecule has 9 heteroatoms. The summed E-state index contributed by atoms with van der Waals surface area (Å²) >= 11 is 6.21. The van der Waals surface area contributed by atoms with Crippen molar-refractivity contribution >= 4 is 34.8 Å². The number of anilines is 2. The van der Waals surface area contributed by atoms with Crippen LogP contribution in [0.3, 0.4) is 0 Å². The summed E-state index contributed by atoms with van der Waals surface area (Å²) in [5.74, 6) is 0.278. The van der Waals surface area contributed by atoms with Gasteiger partial charge in [0, 0.05) is 66.6 Å². The standard InChI is InChI=1S/C33H36ClFN4O3/c1-20-11-21(2)16-38(15-20)33(42)23-9-10-30(28(13-23)36-31(40)14-25-26(34)5-3-6-27(25)35)37-17-22-12-24(19-37)29-7-4-8-32(41)39(29)18-22/h3-10,13,20-22,24H,11-12,14-19H2,1-2H3,(H,36,40)/t20-,21-,22+,24-/m0/s1. The molecule has 3 aliphatic rings. The van der Waals surface area contributed by atoms with Crippen LogP contribution < -0.4 is 15.8 Å². The number of fused-ring (bicyclic) bond motifs is 4. The Labute approximate surface area is 250 Å². The maximum atomic E-state index is 14.5. The van der Waals surface area contributed by atoms with Crippen molar-refractivity contribution in [3.63, 3.8) is 0 Å². The normalized spacial score (nSPS) is 23.3. The summed E-state index contributed by atoms with van der Waals surface area (Å²) in [7, 11) is 0. The first-order chi connectivity index (χ1) is 20.2. The quantitative estimate of drug-likeness (QED) is 0.422. The van der Waals surface area contributed by atoms with E-state index in [1.165, 1.54) is 12.1 Å². The molecule has 0 unspecified atom stereocenters. The Hall–Kier alpha value is -3.65. The molecule has 3 aromatic rings. The fourth-order valence-corrected chi connectivity index (χ4v) is 7.44. The number of hydrogen-bond acceptors (Lipinski definition) is 4. The zero-order chi connectivity index (χ0) is 29.5. The summed E-state index contributed by atoms with van der Waals surface area (Å²) < 4.78 is 16.4. The summed E-state index contributed by atoms with van der Waals surface area (Å²) in [6, 6.07) is 15.3. The predicted octanol–water partition coefficient (Wildman–Crippen LogP) is 5.56. The minimum atomic E-state index is -0.534. The summed E-state index contributed by atoms with van der Waals surface area (Å²) in [4.78, 5) is 43.6. The van der Waals surface area contributed by atoms with Gasteiger partial charge in [-0.1, -0.05) is 37.6 Å². The summed E-state index contributed by atoms with van der Waals surface area (Å²) in [5.41, 5.74) is 3.02. The average molecular weight is 591 g/mol. The van der Waals surface area contributed by atoms with E-state index < -0.39 is 11.7 Å². The summed E-state index contributed by atoms with van der Waals surface area (Å²) in [6.45, 7) is 7.77. The van der Waals surface area contributed by atoms with Crippen molar-refractivity contribution < 1.29 is 14.0 Å². The first-order valence-electron chi connectivity index (χ1n) is 14.8. The molecule has 4 heterocycles. The lowest BCUT2D eigenvalue weighted by atomic mass is 9.83. The summed E-state index contributed by atoms with van der Waals surface area (Å²) in [5, 5.41) is 3.18. The van der Waals surface area contributed by atoms with Gasteiger partial charge in [-0.05, 0) is 67.0 Å². The molecule has 7 nitrogen and oxygen atoms in total. The third-order valence-corrected chi connectivity index (χ3v) is 9.25. The predicted molar refractivity (Wildman–Crippen MR) is 163 cm³/mol. The van der Waals surface area contributed by atoms with Crippen molar-refractivity contribution in [2.24, 2.45) is 17.8 Å². The van der Waals surface area contributed by atoms with Crippen molar-refractivity contribution in [2.45, 2.75) is 45.6 Å². The van der Waals surface area contributed by atoms with Gasteiger partial charge in [0.05, 0.1) is 17.8 Å². The fourth-order valence-electron chi connectivity index (χ4n) is 7.21. The topological polar surface area (TPSA) is 74.7 Å². The van der Waals surface area contributed by atoms with E-state index in [1.54, 1.807) is 18.2 Å². The van der Waals surface area contributed by atoms with Gasteiger partial charge in [-0.25, -0.2) is 4.39 Å². The highest BCUT2D eigenvalue weighted by Gasteiger charge is 2.36. The second-order valence-corrected chi connectivity index (χ2v) is 12.8. The van der Waals surface area contributed by atoms with E-state index >= 15 is 0 Å². The Bertz CT molecular complexity index is 1560. The fraction of sp³-hybridized carbons (Fsp3) is 0.424. The maximum absolute atomic E-state index is 14.5. The molecule has 2 bridgehead atoms. The van der Waals surface area contributed by atoms with Gasteiger partial charge in [0.15, 0.2) is 0 Å². The van der Waals surface area contributed by atoms with Crippen molar-refractivity contribution in [3.8, 4) is 0 Å². The van der Waals surface area contributed by atoms with Crippen molar-refractivity contribution in [2.75, 3.05) is 36.4 Å². The number of aromatic nitrogens is 1.